The van der Waals surface area contributed by atoms with Gasteiger partial charge in [0.05, 0.1) is 12.5 Å². The van der Waals surface area contributed by atoms with Crippen LogP contribution in [0.15, 0.2) is 24.3 Å². The Morgan fingerprint density at radius 1 is 1.04 bits per heavy atom. The number of likely N-dealkylation sites (tertiary alicyclic amines) is 2. The quantitative estimate of drug-likeness (QED) is 0.818. The fraction of sp³-hybridized carbons (Fsp3) is 0.636. The van der Waals surface area contributed by atoms with Crippen molar-refractivity contribution in [1.29, 1.82) is 0 Å². The van der Waals surface area contributed by atoms with E-state index < -0.39 is 0 Å². The molecular weight excluding hydrogens is 340 g/mol. The lowest BCUT2D eigenvalue weighted by atomic mass is 9.77. The molecule has 27 heavy (non-hydrogen) atoms. The van der Waals surface area contributed by atoms with Gasteiger partial charge in [0.25, 0.3) is 5.91 Å². The molecule has 2 amide bonds. The van der Waals surface area contributed by atoms with Crippen LogP contribution in [0.25, 0.3) is 0 Å². The van der Waals surface area contributed by atoms with Crippen molar-refractivity contribution in [2.24, 2.45) is 5.41 Å². The normalized spacial score (nSPS) is 26.6. The molecule has 1 spiro atoms. The van der Waals surface area contributed by atoms with Crippen LogP contribution in [0.4, 0.5) is 0 Å². The summed E-state index contributed by atoms with van der Waals surface area (Å²) < 4.78 is 5.17. The van der Waals surface area contributed by atoms with Crippen LogP contribution in [0, 0.1) is 5.41 Å². The molecular formula is C22H30N2O3. The van der Waals surface area contributed by atoms with E-state index in [1.54, 1.807) is 7.11 Å². The number of hydrogen-bond donors (Lipinski definition) is 0. The lowest BCUT2D eigenvalue weighted by Gasteiger charge is -2.44. The molecule has 2 saturated heterocycles. The first-order valence-electron chi connectivity index (χ1n) is 10.4. The van der Waals surface area contributed by atoms with Gasteiger partial charge in [-0.25, -0.2) is 0 Å². The Hall–Kier alpha value is -2.04. The van der Waals surface area contributed by atoms with Gasteiger partial charge in [0.15, 0.2) is 0 Å². The molecule has 3 aliphatic rings. The first-order chi connectivity index (χ1) is 13.1. The molecule has 0 radical (unpaired) electrons. The number of methoxy groups -OCH3 is 1. The second kappa shape index (κ2) is 7.53. The first kappa shape index (κ1) is 18.3. The van der Waals surface area contributed by atoms with Gasteiger partial charge in [-0.2, -0.15) is 0 Å². The Morgan fingerprint density at radius 2 is 1.78 bits per heavy atom. The van der Waals surface area contributed by atoms with Crippen molar-refractivity contribution in [3.8, 4) is 5.75 Å². The van der Waals surface area contributed by atoms with Crippen LogP contribution in [0.1, 0.15) is 61.7 Å². The Balaban J connectivity index is 1.46. The molecule has 2 heterocycles. The molecule has 0 N–H and O–H groups in total. The number of rotatable bonds is 3. The summed E-state index contributed by atoms with van der Waals surface area (Å²) in [5, 5.41) is 0. The molecule has 4 rings (SSSR count). The highest BCUT2D eigenvalue weighted by Crippen LogP contribution is 2.42. The summed E-state index contributed by atoms with van der Waals surface area (Å²) in [6.07, 6.45) is 8.86. The van der Waals surface area contributed by atoms with Crippen molar-refractivity contribution in [1.82, 2.24) is 9.80 Å². The third-order valence-corrected chi connectivity index (χ3v) is 6.76. The monoisotopic (exact) mass is 370 g/mol. The summed E-state index contributed by atoms with van der Waals surface area (Å²) in [6.45, 7) is 2.15. The maximum atomic E-state index is 13.4. The van der Waals surface area contributed by atoms with Gasteiger partial charge < -0.3 is 14.5 Å². The van der Waals surface area contributed by atoms with Gasteiger partial charge in [-0.05, 0) is 56.4 Å². The summed E-state index contributed by atoms with van der Waals surface area (Å²) in [4.78, 5) is 30.4. The number of benzene rings is 1. The minimum absolute atomic E-state index is 0.0251. The van der Waals surface area contributed by atoms with Crippen LogP contribution in [0.5, 0.6) is 5.75 Å². The molecule has 146 valence electrons. The minimum atomic E-state index is -0.349. The van der Waals surface area contributed by atoms with Gasteiger partial charge in [-0.3, -0.25) is 9.59 Å². The minimum Gasteiger partial charge on any atom is -0.497 e. The van der Waals surface area contributed by atoms with Crippen molar-refractivity contribution >= 4 is 11.8 Å². The lowest BCUT2D eigenvalue weighted by Crippen LogP contribution is -2.54. The highest BCUT2D eigenvalue weighted by Gasteiger charge is 2.50. The number of amides is 2. The SMILES string of the molecule is COc1ccc(C(=O)N2CCC3(CCCN(C4CCCCC4)C3=O)C2)cc1. The van der Waals surface area contributed by atoms with Crippen molar-refractivity contribution < 1.29 is 14.3 Å². The van der Waals surface area contributed by atoms with Gasteiger partial charge in [0, 0.05) is 31.2 Å². The summed E-state index contributed by atoms with van der Waals surface area (Å²) in [7, 11) is 1.62. The fourth-order valence-electron chi connectivity index (χ4n) is 5.18. The van der Waals surface area contributed by atoms with Crippen molar-refractivity contribution in [2.45, 2.75) is 57.4 Å². The topological polar surface area (TPSA) is 49.9 Å². The Morgan fingerprint density at radius 3 is 2.48 bits per heavy atom. The number of ether oxygens (including phenoxy) is 1. The Kier molecular flexibility index (Phi) is 5.11. The molecule has 3 fully saturated rings. The Labute approximate surface area is 161 Å². The molecule has 1 saturated carbocycles. The van der Waals surface area contributed by atoms with E-state index in [2.05, 4.69) is 4.90 Å². The van der Waals surface area contributed by atoms with E-state index in [1.165, 1.54) is 19.3 Å². The number of piperidine rings is 1. The fourth-order valence-corrected chi connectivity index (χ4v) is 5.18. The summed E-state index contributed by atoms with van der Waals surface area (Å²) in [5.74, 6) is 1.08. The second-order valence-electron chi connectivity index (χ2n) is 8.38. The summed E-state index contributed by atoms with van der Waals surface area (Å²) in [6, 6.07) is 7.67. The Bertz CT molecular complexity index is 696. The van der Waals surface area contributed by atoms with Crippen LogP contribution < -0.4 is 4.74 Å². The van der Waals surface area contributed by atoms with Gasteiger partial charge in [-0.15, -0.1) is 0 Å². The number of nitrogens with zero attached hydrogens (tertiary/aromatic N) is 2. The largest absolute Gasteiger partial charge is 0.497 e. The number of hydrogen-bond acceptors (Lipinski definition) is 3. The van der Waals surface area contributed by atoms with E-state index >= 15 is 0 Å². The van der Waals surface area contributed by atoms with Crippen LogP contribution >= 0.6 is 0 Å². The van der Waals surface area contributed by atoms with E-state index in [9.17, 15) is 9.59 Å². The average molecular weight is 370 g/mol. The second-order valence-corrected chi connectivity index (χ2v) is 8.38. The van der Waals surface area contributed by atoms with Crippen LogP contribution in [-0.2, 0) is 4.79 Å². The van der Waals surface area contributed by atoms with Gasteiger partial charge >= 0.3 is 0 Å². The van der Waals surface area contributed by atoms with E-state index in [-0.39, 0.29) is 11.3 Å². The molecule has 1 atom stereocenters. The molecule has 5 heteroatoms. The van der Waals surface area contributed by atoms with Gasteiger partial charge in [0.2, 0.25) is 5.91 Å². The number of carbonyl (C=O) groups is 2. The predicted molar refractivity (Wildman–Crippen MR) is 104 cm³/mol. The molecule has 1 unspecified atom stereocenters. The van der Waals surface area contributed by atoms with Crippen molar-refractivity contribution in [3.05, 3.63) is 29.8 Å². The van der Waals surface area contributed by atoms with Gasteiger partial charge in [-0.1, -0.05) is 19.3 Å². The highest BCUT2D eigenvalue weighted by atomic mass is 16.5. The standard InChI is InChI=1S/C22H30N2O3/c1-27-19-10-8-17(9-11-19)20(25)23-15-13-22(16-23)12-5-14-24(21(22)26)18-6-3-2-4-7-18/h8-11,18H,2-7,12-16H2,1H3. The molecule has 1 aliphatic carbocycles. The predicted octanol–water partition coefficient (Wildman–Crippen LogP) is 3.48. The highest BCUT2D eigenvalue weighted by molar-refractivity contribution is 5.95. The maximum absolute atomic E-state index is 13.4. The zero-order valence-electron chi connectivity index (χ0n) is 16.3. The zero-order chi connectivity index (χ0) is 18.9. The van der Waals surface area contributed by atoms with Crippen LogP contribution in [0.2, 0.25) is 0 Å². The maximum Gasteiger partial charge on any atom is 0.253 e. The number of carbonyl (C=O) groups excluding carboxylic acids is 2. The lowest BCUT2D eigenvalue weighted by molar-refractivity contribution is -0.149. The van der Waals surface area contributed by atoms with Crippen LogP contribution in [-0.4, -0.2) is 54.4 Å². The van der Waals surface area contributed by atoms with Gasteiger partial charge in [0.1, 0.15) is 5.75 Å². The third-order valence-electron chi connectivity index (χ3n) is 6.76. The zero-order valence-corrected chi connectivity index (χ0v) is 16.3. The van der Waals surface area contributed by atoms with Crippen LogP contribution in [0.3, 0.4) is 0 Å². The first-order valence-corrected chi connectivity index (χ1v) is 10.4. The smallest absolute Gasteiger partial charge is 0.253 e. The van der Waals surface area contributed by atoms with E-state index in [1.807, 2.05) is 29.2 Å². The summed E-state index contributed by atoms with van der Waals surface area (Å²) >= 11 is 0. The van der Waals surface area contributed by atoms with E-state index in [4.69, 9.17) is 4.74 Å². The molecule has 1 aromatic carbocycles. The van der Waals surface area contributed by atoms with Crippen molar-refractivity contribution in [3.63, 3.8) is 0 Å². The van der Waals surface area contributed by atoms with E-state index in [0.29, 0.717) is 30.6 Å². The van der Waals surface area contributed by atoms with Crippen molar-refractivity contribution in [2.75, 3.05) is 26.7 Å². The molecule has 0 bridgehead atoms. The molecule has 1 aromatic rings. The molecule has 0 aromatic heterocycles. The third kappa shape index (κ3) is 3.44. The molecule has 2 aliphatic heterocycles. The summed E-state index contributed by atoms with van der Waals surface area (Å²) in [5.41, 5.74) is 0.318. The van der Waals surface area contributed by atoms with E-state index in [0.717, 1.165) is 44.4 Å². The average Bonchev–Trinajstić information content (AvgIpc) is 3.15. The molecule has 5 nitrogen and oxygen atoms in total.